The van der Waals surface area contributed by atoms with Crippen LogP contribution in [0.5, 0.6) is 0 Å². The van der Waals surface area contributed by atoms with E-state index in [2.05, 4.69) is 10.1 Å². The molecule has 0 spiro atoms. The maximum atomic E-state index is 5.01. The van der Waals surface area contributed by atoms with Gasteiger partial charge in [0.1, 0.15) is 0 Å². The molecule has 0 radical (unpaired) electrons. The molecule has 0 aromatic rings. The molecule has 0 heterocycles. The van der Waals surface area contributed by atoms with Gasteiger partial charge in [-0.05, 0) is 0 Å². The number of rotatable bonds is 1. The summed E-state index contributed by atoms with van der Waals surface area (Å²) in [7, 11) is 0. The fraction of sp³-hybridized carbons (Fsp3) is 0.600. The first kappa shape index (κ1) is 7.94. The van der Waals surface area contributed by atoms with E-state index in [0.29, 0.717) is 5.84 Å². The molecule has 0 amide bonds. The number of hydrogen-bond acceptors (Lipinski definition) is 2. The summed E-state index contributed by atoms with van der Waals surface area (Å²) in [5.41, 5.74) is 5.01. The number of nitrogens with zero attached hydrogens (tertiary/aromatic N) is 2. The zero-order chi connectivity index (χ0) is 7.28. The maximum Gasteiger partial charge on any atom is 0.152 e. The molecule has 0 aliphatic rings. The lowest BCUT2D eigenvalue weighted by Crippen LogP contribution is -2.08. The Hall–Kier alpha value is -1.06. The average molecular weight is 128 g/mol. The smallest absolute Gasteiger partial charge is 0.152 e. The van der Waals surface area contributed by atoms with Gasteiger partial charge in [-0.15, -0.1) is 0 Å². The van der Waals surface area contributed by atoms with E-state index in [1.807, 2.05) is 13.8 Å². The molecule has 0 atom stereocenters. The van der Waals surface area contributed by atoms with Gasteiger partial charge in [-0.2, -0.15) is 5.10 Å². The van der Waals surface area contributed by atoms with Gasteiger partial charge in [-0.3, -0.25) is 0 Å². The number of hydrazone groups is 1. The lowest BCUT2D eigenvalue weighted by molar-refractivity contribution is 0.864. The summed E-state index contributed by atoms with van der Waals surface area (Å²) in [5.74, 6) is 5.78. The van der Waals surface area contributed by atoms with Gasteiger partial charge in [0.05, 0.1) is 6.34 Å². The summed E-state index contributed by atoms with van der Waals surface area (Å²) in [4.78, 5) is 3.72. The zero-order valence-corrected chi connectivity index (χ0v) is 5.70. The van der Waals surface area contributed by atoms with Gasteiger partial charge < -0.3 is 11.6 Å². The molecule has 0 aliphatic heterocycles. The van der Waals surface area contributed by atoms with Gasteiger partial charge in [-0.1, -0.05) is 13.8 Å². The lowest BCUT2D eigenvalue weighted by Gasteiger charge is -1.99. The molecule has 4 N–H and O–H groups in total. The van der Waals surface area contributed by atoms with Crippen LogP contribution in [-0.2, 0) is 0 Å². The van der Waals surface area contributed by atoms with Gasteiger partial charge in [0.15, 0.2) is 5.84 Å². The lowest BCUT2D eigenvalue weighted by atomic mass is 10.2. The van der Waals surface area contributed by atoms with Crippen molar-refractivity contribution in [3.05, 3.63) is 0 Å². The van der Waals surface area contributed by atoms with E-state index in [1.54, 1.807) is 0 Å². The summed E-state index contributed by atoms with van der Waals surface area (Å²) in [6.45, 7) is 3.89. The van der Waals surface area contributed by atoms with Crippen molar-refractivity contribution in [1.29, 1.82) is 0 Å². The molecule has 9 heavy (non-hydrogen) atoms. The average Bonchev–Trinajstić information content (AvgIpc) is 1.82. The van der Waals surface area contributed by atoms with Crippen molar-refractivity contribution in [2.45, 2.75) is 13.8 Å². The second-order valence-electron chi connectivity index (χ2n) is 1.92. The van der Waals surface area contributed by atoms with E-state index < -0.39 is 0 Å². The molecule has 4 heteroatoms. The van der Waals surface area contributed by atoms with Crippen molar-refractivity contribution in [3.63, 3.8) is 0 Å². The van der Waals surface area contributed by atoms with E-state index in [9.17, 15) is 0 Å². The highest BCUT2D eigenvalue weighted by molar-refractivity contribution is 5.89. The second-order valence-corrected chi connectivity index (χ2v) is 1.92. The van der Waals surface area contributed by atoms with Gasteiger partial charge >= 0.3 is 0 Å². The van der Waals surface area contributed by atoms with Crippen LogP contribution >= 0.6 is 0 Å². The molecule has 0 rings (SSSR count). The Balaban J connectivity index is 4.01. The van der Waals surface area contributed by atoms with Crippen molar-refractivity contribution < 1.29 is 0 Å². The molecular weight excluding hydrogens is 116 g/mol. The molecule has 52 valence electrons. The first-order chi connectivity index (χ1) is 4.22. The molecule has 0 saturated heterocycles. The highest BCUT2D eigenvalue weighted by Crippen LogP contribution is 1.95. The topological polar surface area (TPSA) is 76.8 Å². The van der Waals surface area contributed by atoms with E-state index in [0.717, 1.165) is 0 Å². The van der Waals surface area contributed by atoms with Crippen molar-refractivity contribution in [1.82, 2.24) is 0 Å². The van der Waals surface area contributed by atoms with Crippen LogP contribution < -0.4 is 11.6 Å². The summed E-state index contributed by atoms with van der Waals surface area (Å²) < 4.78 is 0. The normalized spacial score (nSPS) is 13.4. The molecule has 4 nitrogen and oxygen atoms in total. The van der Waals surface area contributed by atoms with Crippen LogP contribution in [0, 0.1) is 5.92 Å². The monoisotopic (exact) mass is 128 g/mol. The second kappa shape index (κ2) is 3.88. The first-order valence-corrected chi connectivity index (χ1v) is 2.74. The molecule has 0 aromatic carbocycles. The van der Waals surface area contributed by atoms with Crippen LogP contribution in [0.4, 0.5) is 0 Å². The SMILES string of the molecule is CC(C)C(/N=C\N)=N/N. The fourth-order valence-electron chi connectivity index (χ4n) is 0.408. The van der Waals surface area contributed by atoms with Crippen LogP contribution in [0.15, 0.2) is 10.1 Å². The Morgan fingerprint density at radius 1 is 1.56 bits per heavy atom. The molecule has 0 aromatic heterocycles. The van der Waals surface area contributed by atoms with Crippen LogP contribution in [0.3, 0.4) is 0 Å². The van der Waals surface area contributed by atoms with Crippen LogP contribution in [0.25, 0.3) is 0 Å². The van der Waals surface area contributed by atoms with Gasteiger partial charge in [0.25, 0.3) is 0 Å². The summed E-state index contributed by atoms with van der Waals surface area (Å²) in [5, 5.41) is 3.42. The maximum absolute atomic E-state index is 5.01. The minimum atomic E-state index is 0.231. The minimum absolute atomic E-state index is 0.231. The minimum Gasteiger partial charge on any atom is -0.390 e. The molecule has 0 unspecified atom stereocenters. The molecule has 0 bridgehead atoms. The van der Waals surface area contributed by atoms with E-state index in [4.69, 9.17) is 11.6 Å². The molecule has 0 aliphatic carbocycles. The van der Waals surface area contributed by atoms with Crippen molar-refractivity contribution in [2.75, 3.05) is 0 Å². The Morgan fingerprint density at radius 3 is 2.22 bits per heavy atom. The zero-order valence-electron chi connectivity index (χ0n) is 5.70. The Kier molecular flexibility index (Phi) is 3.43. The summed E-state index contributed by atoms with van der Waals surface area (Å²) >= 11 is 0. The first-order valence-electron chi connectivity index (χ1n) is 2.74. The number of nitrogens with two attached hydrogens (primary N) is 2. The van der Waals surface area contributed by atoms with E-state index >= 15 is 0 Å². The fourth-order valence-corrected chi connectivity index (χ4v) is 0.408. The third-order valence-electron chi connectivity index (χ3n) is 0.855. The molecular formula is C5H12N4. The summed E-state index contributed by atoms with van der Waals surface area (Å²) in [6.07, 6.45) is 1.19. The number of hydrogen-bond donors (Lipinski definition) is 2. The molecule has 0 saturated carbocycles. The summed E-state index contributed by atoms with van der Waals surface area (Å²) in [6, 6.07) is 0. The predicted octanol–water partition coefficient (Wildman–Crippen LogP) is -0.0984. The van der Waals surface area contributed by atoms with Crippen molar-refractivity contribution >= 4 is 12.2 Å². The number of aliphatic imine (C=N–C) groups is 1. The van der Waals surface area contributed by atoms with Crippen LogP contribution in [-0.4, -0.2) is 12.2 Å². The quantitative estimate of drug-likeness (QED) is 0.224. The van der Waals surface area contributed by atoms with E-state index in [1.165, 1.54) is 6.34 Å². The van der Waals surface area contributed by atoms with Gasteiger partial charge in [0, 0.05) is 5.92 Å². The number of amidine groups is 1. The Morgan fingerprint density at radius 2 is 2.11 bits per heavy atom. The molecule has 0 fully saturated rings. The predicted molar refractivity (Wildman–Crippen MR) is 39.1 cm³/mol. The van der Waals surface area contributed by atoms with Gasteiger partial charge in [-0.25, -0.2) is 4.99 Å². The standard InChI is InChI=1S/C5H12N4/c1-4(2)5(9-7)8-3-6/h3-4H,7H2,1-2H3,(H2,6,8,9). The highest BCUT2D eigenvalue weighted by atomic mass is 15.2. The van der Waals surface area contributed by atoms with Crippen LogP contribution in [0.2, 0.25) is 0 Å². The highest BCUT2D eigenvalue weighted by Gasteiger charge is 1.99. The largest absolute Gasteiger partial charge is 0.390 e. The van der Waals surface area contributed by atoms with E-state index in [-0.39, 0.29) is 5.92 Å². The Bertz CT molecular complexity index is 125. The Labute approximate surface area is 54.6 Å². The van der Waals surface area contributed by atoms with Gasteiger partial charge in [0.2, 0.25) is 0 Å². The third kappa shape index (κ3) is 2.69. The van der Waals surface area contributed by atoms with Crippen molar-refractivity contribution in [2.24, 2.45) is 27.6 Å². The van der Waals surface area contributed by atoms with Crippen LogP contribution in [0.1, 0.15) is 13.8 Å². The van der Waals surface area contributed by atoms with Crippen molar-refractivity contribution in [3.8, 4) is 0 Å². The third-order valence-corrected chi connectivity index (χ3v) is 0.855.